The lowest BCUT2D eigenvalue weighted by atomic mass is 9.91. The molecule has 0 unspecified atom stereocenters. The predicted octanol–water partition coefficient (Wildman–Crippen LogP) is 3.87. The highest BCUT2D eigenvalue weighted by Gasteiger charge is 2.26. The number of nitrogens with zero attached hydrogens (tertiary/aromatic N) is 1. The Bertz CT molecular complexity index is 626. The van der Waals surface area contributed by atoms with Gasteiger partial charge in [0, 0.05) is 11.8 Å². The highest BCUT2D eigenvalue weighted by molar-refractivity contribution is 7.13. The van der Waals surface area contributed by atoms with Crippen molar-refractivity contribution >= 4 is 17.3 Å². The molecular formula is C15H16FNO2S. The second-order valence-corrected chi connectivity index (χ2v) is 6.73. The van der Waals surface area contributed by atoms with Gasteiger partial charge in [0.2, 0.25) is 0 Å². The molecule has 0 aliphatic rings. The minimum atomic E-state index is -0.946. The summed E-state index contributed by atoms with van der Waals surface area (Å²) in [6.07, 6.45) is 0.515. The molecule has 20 heavy (non-hydrogen) atoms. The fourth-order valence-corrected chi connectivity index (χ4v) is 3.02. The smallest absolute Gasteiger partial charge is 0.347 e. The first-order chi connectivity index (χ1) is 9.27. The van der Waals surface area contributed by atoms with Crippen LogP contribution in [-0.2, 0) is 11.8 Å². The van der Waals surface area contributed by atoms with Crippen LogP contribution in [-0.4, -0.2) is 16.1 Å². The summed E-state index contributed by atoms with van der Waals surface area (Å²) in [5.74, 6) is -1.23. The molecule has 2 rings (SSSR count). The van der Waals surface area contributed by atoms with Crippen LogP contribution in [0.2, 0.25) is 0 Å². The normalized spacial score (nSPS) is 11.6. The fraction of sp³-hybridized carbons (Fsp3) is 0.333. The molecule has 1 heterocycles. The first kappa shape index (κ1) is 14.7. The average molecular weight is 293 g/mol. The number of carboxylic acid groups (broad SMARTS) is 1. The fourth-order valence-electron chi connectivity index (χ4n) is 1.87. The third-order valence-electron chi connectivity index (χ3n) is 2.84. The molecule has 2 aromatic rings. The third kappa shape index (κ3) is 3.22. The van der Waals surface area contributed by atoms with Gasteiger partial charge in [0.1, 0.15) is 10.7 Å². The number of thiazole rings is 1. The highest BCUT2D eigenvalue weighted by atomic mass is 32.1. The zero-order valence-electron chi connectivity index (χ0n) is 11.6. The van der Waals surface area contributed by atoms with Crippen molar-refractivity contribution in [3.63, 3.8) is 0 Å². The zero-order valence-corrected chi connectivity index (χ0v) is 12.4. The van der Waals surface area contributed by atoms with Gasteiger partial charge in [-0.15, -0.1) is 11.3 Å². The van der Waals surface area contributed by atoms with Crippen LogP contribution >= 0.6 is 11.3 Å². The van der Waals surface area contributed by atoms with E-state index in [1.807, 2.05) is 20.8 Å². The van der Waals surface area contributed by atoms with E-state index in [0.717, 1.165) is 10.6 Å². The first-order valence-electron chi connectivity index (χ1n) is 6.25. The molecular weight excluding hydrogens is 277 g/mol. The Labute approximate surface area is 121 Å². The number of carboxylic acids is 1. The van der Waals surface area contributed by atoms with Crippen molar-refractivity contribution in [2.75, 3.05) is 0 Å². The van der Waals surface area contributed by atoms with Gasteiger partial charge in [-0.05, 0) is 17.7 Å². The van der Waals surface area contributed by atoms with E-state index in [9.17, 15) is 14.3 Å². The van der Waals surface area contributed by atoms with Crippen LogP contribution in [0.3, 0.4) is 0 Å². The highest BCUT2D eigenvalue weighted by Crippen LogP contribution is 2.30. The van der Waals surface area contributed by atoms with E-state index >= 15 is 0 Å². The van der Waals surface area contributed by atoms with Crippen molar-refractivity contribution in [3.05, 3.63) is 51.2 Å². The van der Waals surface area contributed by atoms with Gasteiger partial charge in [0.25, 0.3) is 0 Å². The van der Waals surface area contributed by atoms with Gasteiger partial charge in [-0.3, -0.25) is 0 Å². The molecule has 106 valence electrons. The number of aromatic carboxylic acids is 1. The maximum absolute atomic E-state index is 12.9. The quantitative estimate of drug-likeness (QED) is 0.934. The maximum atomic E-state index is 12.9. The molecule has 0 radical (unpaired) electrons. The third-order valence-corrected chi connectivity index (χ3v) is 3.89. The minimum Gasteiger partial charge on any atom is -0.477 e. The molecule has 0 saturated heterocycles. The molecule has 0 saturated carbocycles. The maximum Gasteiger partial charge on any atom is 0.347 e. The van der Waals surface area contributed by atoms with E-state index in [1.165, 1.54) is 23.5 Å². The van der Waals surface area contributed by atoms with Gasteiger partial charge in [-0.25, -0.2) is 14.2 Å². The summed E-state index contributed by atoms with van der Waals surface area (Å²) >= 11 is 1.19. The first-order valence-corrected chi connectivity index (χ1v) is 7.07. The molecule has 0 aliphatic carbocycles. The largest absolute Gasteiger partial charge is 0.477 e. The summed E-state index contributed by atoms with van der Waals surface area (Å²) in [6, 6.07) is 6.17. The summed E-state index contributed by atoms with van der Waals surface area (Å²) in [5, 5.41) is 10.0. The van der Waals surface area contributed by atoms with Gasteiger partial charge < -0.3 is 5.11 Å². The van der Waals surface area contributed by atoms with Crippen LogP contribution in [0.4, 0.5) is 4.39 Å². The van der Waals surface area contributed by atoms with E-state index in [0.29, 0.717) is 12.1 Å². The Balaban J connectivity index is 2.34. The van der Waals surface area contributed by atoms with Crippen molar-refractivity contribution < 1.29 is 14.3 Å². The Hall–Kier alpha value is -1.75. The molecule has 0 fully saturated rings. The van der Waals surface area contributed by atoms with Gasteiger partial charge in [0.15, 0.2) is 0 Å². The van der Waals surface area contributed by atoms with E-state index < -0.39 is 5.97 Å². The molecule has 0 bridgehead atoms. The van der Waals surface area contributed by atoms with Crippen LogP contribution < -0.4 is 0 Å². The van der Waals surface area contributed by atoms with Crippen molar-refractivity contribution in [2.24, 2.45) is 0 Å². The average Bonchev–Trinajstić information content (AvgIpc) is 2.76. The van der Waals surface area contributed by atoms with E-state index in [1.54, 1.807) is 12.1 Å². The molecule has 0 spiro atoms. The summed E-state index contributed by atoms with van der Waals surface area (Å²) in [7, 11) is 0. The number of halogens is 1. The Morgan fingerprint density at radius 1 is 1.30 bits per heavy atom. The van der Waals surface area contributed by atoms with Crippen molar-refractivity contribution in [1.29, 1.82) is 0 Å². The van der Waals surface area contributed by atoms with Gasteiger partial charge >= 0.3 is 5.97 Å². The molecule has 1 aromatic heterocycles. The number of carbonyl (C=O) groups is 1. The van der Waals surface area contributed by atoms with Crippen LogP contribution in [0.1, 0.15) is 46.7 Å². The minimum absolute atomic E-state index is 0.283. The second-order valence-electron chi connectivity index (χ2n) is 5.64. The number of hydrogen-bond acceptors (Lipinski definition) is 3. The SMILES string of the molecule is CC(C)(C)c1nc(Cc2ccc(F)cc2)sc1C(=O)O. The molecule has 3 nitrogen and oxygen atoms in total. The summed E-state index contributed by atoms with van der Waals surface area (Å²) < 4.78 is 12.9. The molecule has 0 aliphatic heterocycles. The molecule has 0 amide bonds. The van der Waals surface area contributed by atoms with E-state index in [4.69, 9.17) is 0 Å². The zero-order chi connectivity index (χ0) is 14.9. The number of aromatic nitrogens is 1. The van der Waals surface area contributed by atoms with Crippen LogP contribution in [0.15, 0.2) is 24.3 Å². The lowest BCUT2D eigenvalue weighted by Gasteiger charge is -2.16. The number of benzene rings is 1. The van der Waals surface area contributed by atoms with Crippen molar-refractivity contribution in [1.82, 2.24) is 4.98 Å². The van der Waals surface area contributed by atoms with Gasteiger partial charge in [-0.1, -0.05) is 32.9 Å². The number of hydrogen-bond donors (Lipinski definition) is 1. The van der Waals surface area contributed by atoms with Gasteiger partial charge in [-0.2, -0.15) is 0 Å². The molecule has 5 heteroatoms. The summed E-state index contributed by atoms with van der Waals surface area (Å²) in [4.78, 5) is 16.1. The van der Waals surface area contributed by atoms with Crippen LogP contribution in [0, 0.1) is 5.82 Å². The topological polar surface area (TPSA) is 50.2 Å². The summed E-state index contributed by atoms with van der Waals surface area (Å²) in [5.41, 5.74) is 1.20. The lowest BCUT2D eigenvalue weighted by Crippen LogP contribution is -2.16. The van der Waals surface area contributed by atoms with Crippen LogP contribution in [0.5, 0.6) is 0 Å². The van der Waals surface area contributed by atoms with Crippen molar-refractivity contribution in [2.45, 2.75) is 32.6 Å². The molecule has 1 aromatic carbocycles. The second kappa shape index (κ2) is 5.32. The van der Waals surface area contributed by atoms with Crippen molar-refractivity contribution in [3.8, 4) is 0 Å². The monoisotopic (exact) mass is 293 g/mol. The van der Waals surface area contributed by atoms with Crippen LogP contribution in [0.25, 0.3) is 0 Å². The standard InChI is InChI=1S/C15H16FNO2S/c1-15(2,3)13-12(14(18)19)20-11(17-13)8-9-4-6-10(16)7-5-9/h4-7H,8H2,1-3H3,(H,18,19). The Morgan fingerprint density at radius 2 is 1.90 bits per heavy atom. The summed E-state index contributed by atoms with van der Waals surface area (Å²) in [6.45, 7) is 5.82. The number of rotatable bonds is 3. The Kier molecular flexibility index (Phi) is 3.90. The van der Waals surface area contributed by atoms with E-state index in [2.05, 4.69) is 4.98 Å². The predicted molar refractivity (Wildman–Crippen MR) is 77.0 cm³/mol. The Morgan fingerprint density at radius 3 is 2.35 bits per heavy atom. The lowest BCUT2D eigenvalue weighted by molar-refractivity contribution is 0.0699. The molecule has 0 atom stereocenters. The van der Waals surface area contributed by atoms with Gasteiger partial charge in [0.05, 0.1) is 10.7 Å². The van der Waals surface area contributed by atoms with E-state index in [-0.39, 0.29) is 16.1 Å². The molecule has 1 N–H and O–H groups in total.